The molecule has 2 aromatic rings. The predicted molar refractivity (Wildman–Crippen MR) is 71.5 cm³/mol. The van der Waals surface area contributed by atoms with Gasteiger partial charge in [0.15, 0.2) is 5.82 Å². The minimum Gasteiger partial charge on any atom is -0.478 e. The molecule has 1 aliphatic rings. The van der Waals surface area contributed by atoms with Crippen molar-refractivity contribution in [3.05, 3.63) is 35.1 Å². The van der Waals surface area contributed by atoms with Crippen molar-refractivity contribution in [2.75, 3.05) is 0 Å². The molecule has 0 unspecified atom stereocenters. The Hall–Kier alpha value is -2.08. The Kier molecular flexibility index (Phi) is 3.10. The zero-order valence-electron chi connectivity index (χ0n) is 10.7. The van der Waals surface area contributed by atoms with Crippen molar-refractivity contribution >= 4 is 17.6 Å². The molecule has 0 bridgehead atoms. The molecule has 0 amide bonds. The molecule has 3 rings (SSSR count). The van der Waals surface area contributed by atoms with E-state index in [4.69, 9.17) is 21.4 Å². The van der Waals surface area contributed by atoms with Crippen molar-refractivity contribution in [3.8, 4) is 11.7 Å². The molecule has 1 aliphatic carbocycles. The van der Waals surface area contributed by atoms with E-state index in [0.29, 0.717) is 17.6 Å². The van der Waals surface area contributed by atoms with E-state index in [1.807, 2.05) is 0 Å². The minimum absolute atomic E-state index is 0.0362. The molecular formula is C13H12ClN3O3. The van der Waals surface area contributed by atoms with Gasteiger partial charge in [0, 0.05) is 12.3 Å². The lowest BCUT2D eigenvalue weighted by molar-refractivity contribution is 0.0696. The summed E-state index contributed by atoms with van der Waals surface area (Å²) < 4.78 is 7.14. The van der Waals surface area contributed by atoms with E-state index in [-0.39, 0.29) is 16.8 Å². The Morgan fingerprint density at radius 1 is 1.50 bits per heavy atom. The van der Waals surface area contributed by atoms with E-state index in [1.54, 1.807) is 18.3 Å². The lowest BCUT2D eigenvalue weighted by Gasteiger charge is -2.03. The summed E-state index contributed by atoms with van der Waals surface area (Å²) in [4.78, 5) is 14.9. The van der Waals surface area contributed by atoms with Crippen LogP contribution in [0.5, 0.6) is 5.88 Å². The van der Waals surface area contributed by atoms with Crippen molar-refractivity contribution in [2.45, 2.75) is 19.4 Å². The van der Waals surface area contributed by atoms with Crippen LogP contribution in [-0.2, 0) is 0 Å². The van der Waals surface area contributed by atoms with Crippen molar-refractivity contribution in [2.24, 2.45) is 5.92 Å². The average Bonchev–Trinajstić information content (AvgIpc) is 2.89. The van der Waals surface area contributed by atoms with E-state index in [2.05, 4.69) is 17.0 Å². The molecule has 6 nitrogen and oxygen atoms in total. The summed E-state index contributed by atoms with van der Waals surface area (Å²) in [6, 6.07) is 4.69. The zero-order valence-corrected chi connectivity index (χ0v) is 11.4. The van der Waals surface area contributed by atoms with Crippen molar-refractivity contribution in [1.29, 1.82) is 0 Å². The number of halogens is 1. The van der Waals surface area contributed by atoms with Crippen LogP contribution in [0.4, 0.5) is 0 Å². The molecule has 20 heavy (non-hydrogen) atoms. The van der Waals surface area contributed by atoms with Gasteiger partial charge in [0.2, 0.25) is 5.88 Å². The first-order valence-corrected chi connectivity index (χ1v) is 6.55. The third-order valence-electron chi connectivity index (χ3n) is 3.17. The van der Waals surface area contributed by atoms with Gasteiger partial charge in [0.05, 0.1) is 5.56 Å². The number of hydrogen-bond acceptors (Lipinski definition) is 4. The van der Waals surface area contributed by atoms with E-state index >= 15 is 0 Å². The summed E-state index contributed by atoms with van der Waals surface area (Å²) in [5, 5.41) is 13.1. The molecular weight excluding hydrogens is 282 g/mol. The van der Waals surface area contributed by atoms with Crippen LogP contribution in [0, 0.1) is 5.92 Å². The molecule has 1 fully saturated rings. The highest BCUT2D eigenvalue weighted by atomic mass is 35.5. The number of carboxylic acids is 1. The van der Waals surface area contributed by atoms with E-state index in [1.165, 1.54) is 10.7 Å². The second-order valence-electron chi connectivity index (χ2n) is 4.78. The number of hydrogen-bond donors (Lipinski definition) is 1. The quantitative estimate of drug-likeness (QED) is 0.876. The summed E-state index contributed by atoms with van der Waals surface area (Å²) in [6.07, 6.45) is 2.98. The fourth-order valence-electron chi connectivity index (χ4n) is 1.82. The lowest BCUT2D eigenvalue weighted by atomic mass is 10.3. The fraction of sp³-hybridized carbons (Fsp3) is 0.308. The van der Waals surface area contributed by atoms with E-state index in [0.717, 1.165) is 6.42 Å². The third kappa shape index (κ3) is 2.46. The van der Waals surface area contributed by atoms with Crippen LogP contribution in [0.1, 0.15) is 23.7 Å². The minimum atomic E-state index is -1.11. The third-order valence-corrected chi connectivity index (χ3v) is 3.46. The molecule has 2 heterocycles. The molecule has 0 aliphatic heterocycles. The molecule has 1 saturated carbocycles. The van der Waals surface area contributed by atoms with Crippen LogP contribution in [0.25, 0.3) is 5.82 Å². The molecule has 0 spiro atoms. The summed E-state index contributed by atoms with van der Waals surface area (Å²) in [5.74, 6) is 0.433. The fourth-order valence-corrected chi connectivity index (χ4v) is 2.05. The second-order valence-corrected chi connectivity index (χ2v) is 5.14. The van der Waals surface area contributed by atoms with Crippen molar-refractivity contribution < 1.29 is 14.6 Å². The molecule has 2 atom stereocenters. The number of pyridine rings is 1. The molecule has 1 N–H and O–H groups in total. The van der Waals surface area contributed by atoms with Gasteiger partial charge in [-0.25, -0.2) is 14.5 Å². The molecule has 0 aromatic carbocycles. The number of rotatable bonds is 4. The summed E-state index contributed by atoms with van der Waals surface area (Å²) in [5.41, 5.74) is -0.0362. The normalized spacial score (nSPS) is 20.7. The van der Waals surface area contributed by atoms with Gasteiger partial charge in [-0.2, -0.15) is 0 Å². The van der Waals surface area contributed by atoms with Crippen LogP contribution < -0.4 is 4.74 Å². The van der Waals surface area contributed by atoms with Crippen molar-refractivity contribution in [3.63, 3.8) is 0 Å². The number of carbonyl (C=O) groups is 1. The van der Waals surface area contributed by atoms with Gasteiger partial charge in [0.25, 0.3) is 0 Å². The lowest BCUT2D eigenvalue weighted by Crippen LogP contribution is -2.05. The Morgan fingerprint density at radius 2 is 2.25 bits per heavy atom. The number of nitrogens with zero attached hydrogens (tertiary/aromatic N) is 3. The molecule has 0 saturated heterocycles. The SMILES string of the molecule is C[C@H]1C[C@H]1Oc1ccn(-c2ccc(C(=O)O)c(Cl)n2)n1. The number of aromatic carboxylic acids is 1. The molecule has 104 valence electrons. The molecule has 0 radical (unpaired) electrons. The van der Waals surface area contributed by atoms with E-state index < -0.39 is 5.97 Å². The largest absolute Gasteiger partial charge is 0.478 e. The standard InChI is InChI=1S/C13H12ClN3O3/c1-7-6-9(7)20-11-4-5-17(16-11)10-3-2-8(13(18)19)12(14)15-10/h2-5,7,9H,6H2,1H3,(H,18,19)/t7-,9+/m0/s1. The number of carboxylic acid groups (broad SMARTS) is 1. The summed E-state index contributed by atoms with van der Waals surface area (Å²) >= 11 is 5.83. The number of aromatic nitrogens is 3. The number of ether oxygens (including phenoxy) is 1. The van der Waals surface area contributed by atoms with Gasteiger partial charge in [0.1, 0.15) is 11.3 Å². The topological polar surface area (TPSA) is 77.2 Å². The highest BCUT2D eigenvalue weighted by molar-refractivity contribution is 6.32. The van der Waals surface area contributed by atoms with Crippen LogP contribution in [0.15, 0.2) is 24.4 Å². The van der Waals surface area contributed by atoms with E-state index in [9.17, 15) is 4.79 Å². The predicted octanol–water partition coefficient (Wildman–Crippen LogP) is 2.41. The zero-order chi connectivity index (χ0) is 14.3. The second kappa shape index (κ2) is 4.79. The van der Waals surface area contributed by atoms with Crippen LogP contribution in [0.3, 0.4) is 0 Å². The van der Waals surface area contributed by atoms with Gasteiger partial charge in [-0.1, -0.05) is 18.5 Å². The van der Waals surface area contributed by atoms with Crippen LogP contribution in [-0.4, -0.2) is 31.9 Å². The van der Waals surface area contributed by atoms with Gasteiger partial charge >= 0.3 is 5.97 Å². The average molecular weight is 294 g/mol. The monoisotopic (exact) mass is 293 g/mol. The van der Waals surface area contributed by atoms with Gasteiger partial charge in [-0.3, -0.25) is 0 Å². The smallest absolute Gasteiger partial charge is 0.338 e. The first-order chi connectivity index (χ1) is 9.54. The summed E-state index contributed by atoms with van der Waals surface area (Å²) in [6.45, 7) is 2.12. The Labute approximate surface area is 120 Å². The highest BCUT2D eigenvalue weighted by Crippen LogP contribution is 2.33. The first kappa shape index (κ1) is 12.9. The highest BCUT2D eigenvalue weighted by Gasteiger charge is 2.35. The van der Waals surface area contributed by atoms with Gasteiger partial charge in [-0.05, 0) is 24.5 Å². The van der Waals surface area contributed by atoms with Gasteiger partial charge < -0.3 is 9.84 Å². The van der Waals surface area contributed by atoms with Crippen LogP contribution >= 0.6 is 11.6 Å². The van der Waals surface area contributed by atoms with Gasteiger partial charge in [-0.15, -0.1) is 5.10 Å². The maximum absolute atomic E-state index is 10.9. The Bertz CT molecular complexity index is 671. The van der Waals surface area contributed by atoms with Crippen LogP contribution in [0.2, 0.25) is 5.15 Å². The van der Waals surface area contributed by atoms with Crippen molar-refractivity contribution in [1.82, 2.24) is 14.8 Å². The Morgan fingerprint density at radius 3 is 2.85 bits per heavy atom. The molecule has 7 heteroatoms. The maximum atomic E-state index is 10.9. The maximum Gasteiger partial charge on any atom is 0.338 e. The Balaban J connectivity index is 1.82. The first-order valence-electron chi connectivity index (χ1n) is 6.17. The summed E-state index contributed by atoms with van der Waals surface area (Å²) in [7, 11) is 0. The molecule has 2 aromatic heterocycles.